The van der Waals surface area contributed by atoms with Gasteiger partial charge in [0, 0.05) is 23.5 Å². The first-order valence-corrected chi connectivity index (χ1v) is 9.03. The number of carboxylic acid groups (broad SMARTS) is 1. The third-order valence-corrected chi connectivity index (χ3v) is 5.65. The Morgan fingerprint density at radius 2 is 2.04 bits per heavy atom. The van der Waals surface area contributed by atoms with E-state index in [0.717, 1.165) is 31.1 Å². The molecule has 24 heavy (non-hydrogen) atoms. The zero-order valence-corrected chi connectivity index (χ0v) is 14.5. The zero-order valence-electron chi connectivity index (χ0n) is 12.8. The van der Waals surface area contributed by atoms with E-state index < -0.39 is 11.9 Å². The highest BCUT2D eigenvalue weighted by Gasteiger charge is 2.42. The summed E-state index contributed by atoms with van der Waals surface area (Å²) >= 11 is 5.55. The molecule has 2 saturated heterocycles. The van der Waals surface area contributed by atoms with Gasteiger partial charge in [0.25, 0.3) is 11.8 Å². The molecule has 3 atom stereocenters. The van der Waals surface area contributed by atoms with E-state index in [1.54, 1.807) is 0 Å². The number of thioether (sulfide) groups is 1. The summed E-state index contributed by atoms with van der Waals surface area (Å²) in [6, 6.07) is 0.440. The summed E-state index contributed by atoms with van der Waals surface area (Å²) in [6.45, 7) is 0. The second-order valence-electron chi connectivity index (χ2n) is 5.61. The quantitative estimate of drug-likeness (QED) is 0.204. The van der Waals surface area contributed by atoms with E-state index in [-0.39, 0.29) is 35.3 Å². The Morgan fingerprint density at radius 3 is 2.58 bits per heavy atom. The van der Waals surface area contributed by atoms with Gasteiger partial charge in [-0.2, -0.15) is 11.8 Å². The molecule has 0 bridgehead atoms. The Morgan fingerprint density at radius 1 is 1.29 bits per heavy atom. The summed E-state index contributed by atoms with van der Waals surface area (Å²) in [5, 5.41) is 16.8. The van der Waals surface area contributed by atoms with Crippen molar-refractivity contribution in [2.75, 3.05) is 5.75 Å². The Labute approximate surface area is 148 Å². The van der Waals surface area contributed by atoms with Crippen LogP contribution in [0.3, 0.4) is 0 Å². The number of urea groups is 1. The number of nitrogens with one attached hydrogen (secondary N) is 3. The Kier molecular flexibility index (Phi) is 6.55. The van der Waals surface area contributed by atoms with E-state index >= 15 is 0 Å². The van der Waals surface area contributed by atoms with Crippen molar-refractivity contribution in [3.63, 3.8) is 0 Å². The van der Waals surface area contributed by atoms with E-state index in [0.29, 0.717) is 5.25 Å². The van der Waals surface area contributed by atoms with Gasteiger partial charge in [-0.3, -0.25) is 19.7 Å². The van der Waals surface area contributed by atoms with Crippen molar-refractivity contribution in [1.82, 2.24) is 16.0 Å². The van der Waals surface area contributed by atoms with E-state index in [1.807, 2.05) is 17.1 Å². The van der Waals surface area contributed by atoms with Gasteiger partial charge in [-0.15, -0.1) is 12.6 Å². The average molecular weight is 373 g/mol. The van der Waals surface area contributed by atoms with E-state index in [4.69, 9.17) is 5.11 Å². The van der Waals surface area contributed by atoms with Gasteiger partial charge in [-0.1, -0.05) is 6.42 Å². The molecule has 3 heterocycles. The SMILES string of the molecule is O=C(O)CCCC[C@@H]1SC[C@@H]2NC(=O)N[C@@H]21.O=C1C=C(S)C(=O)N1. The lowest BCUT2D eigenvalue weighted by atomic mass is 10.0. The van der Waals surface area contributed by atoms with Crippen molar-refractivity contribution in [2.24, 2.45) is 0 Å². The first-order chi connectivity index (χ1) is 11.4. The predicted molar refractivity (Wildman–Crippen MR) is 91.8 cm³/mol. The average Bonchev–Trinajstić information content (AvgIpc) is 3.11. The van der Waals surface area contributed by atoms with Crippen molar-refractivity contribution in [2.45, 2.75) is 43.0 Å². The second-order valence-corrected chi connectivity index (χ2v) is 7.36. The molecular weight excluding hydrogens is 354 g/mol. The maximum Gasteiger partial charge on any atom is 0.315 e. The summed E-state index contributed by atoms with van der Waals surface area (Å²) < 4.78 is 0. The largest absolute Gasteiger partial charge is 0.481 e. The number of fused-ring (bicyclic) bond motifs is 1. The first kappa shape index (κ1) is 18.7. The van der Waals surface area contributed by atoms with Crippen LogP contribution >= 0.6 is 24.4 Å². The molecule has 4 amide bonds. The highest BCUT2D eigenvalue weighted by Crippen LogP contribution is 2.33. The number of carbonyl (C=O) groups is 4. The molecule has 3 aliphatic rings. The van der Waals surface area contributed by atoms with Crippen LogP contribution in [0.25, 0.3) is 0 Å². The third kappa shape index (κ3) is 5.17. The molecular formula is C14H19N3O5S2. The summed E-state index contributed by atoms with van der Waals surface area (Å²) in [6.07, 6.45) is 4.02. The van der Waals surface area contributed by atoms with Crippen LogP contribution in [0.1, 0.15) is 25.7 Å². The maximum atomic E-state index is 11.1. The number of unbranched alkanes of at least 4 members (excludes halogenated alkanes) is 1. The Bertz CT molecular complexity index is 581. The second kappa shape index (κ2) is 8.43. The number of carboxylic acids is 1. The van der Waals surface area contributed by atoms with Gasteiger partial charge in [0.2, 0.25) is 0 Å². The van der Waals surface area contributed by atoms with Crippen LogP contribution in [0.5, 0.6) is 0 Å². The highest BCUT2D eigenvalue weighted by atomic mass is 32.2. The van der Waals surface area contributed by atoms with Crippen molar-refractivity contribution in [3.8, 4) is 0 Å². The molecule has 0 aliphatic carbocycles. The number of thiol groups is 1. The molecule has 0 unspecified atom stereocenters. The standard InChI is InChI=1S/C10H16N2O3S.C4H3NO2S/c13-8(14)4-2-1-3-7-9-6(5-16-7)11-10(15)12-9;6-3-1-2(8)4(7)5-3/h6-7,9H,1-5H2,(H,13,14)(H2,11,12,15);1H,(H2,5,6,7,8)/t6-,7-,9-;/m0./s1. The van der Waals surface area contributed by atoms with Crippen LogP contribution in [0.15, 0.2) is 11.0 Å². The van der Waals surface area contributed by atoms with Gasteiger partial charge in [0.15, 0.2) is 0 Å². The molecule has 8 nitrogen and oxygen atoms in total. The van der Waals surface area contributed by atoms with Crippen LogP contribution in [0, 0.1) is 0 Å². The molecule has 0 spiro atoms. The van der Waals surface area contributed by atoms with E-state index in [1.165, 1.54) is 0 Å². The predicted octanol–water partition coefficient (Wildman–Crippen LogP) is 0.253. The topological polar surface area (TPSA) is 125 Å². The van der Waals surface area contributed by atoms with Crippen LogP contribution in [-0.4, -0.2) is 52.0 Å². The van der Waals surface area contributed by atoms with Gasteiger partial charge < -0.3 is 15.7 Å². The lowest BCUT2D eigenvalue weighted by Gasteiger charge is -2.16. The number of hydrogen-bond acceptors (Lipinski definition) is 6. The molecule has 0 aromatic carbocycles. The number of imide groups is 1. The minimum Gasteiger partial charge on any atom is -0.481 e. The first-order valence-electron chi connectivity index (χ1n) is 7.53. The summed E-state index contributed by atoms with van der Waals surface area (Å²) in [5.41, 5.74) is 0. The van der Waals surface area contributed by atoms with Gasteiger partial charge in [-0.25, -0.2) is 4.79 Å². The number of rotatable bonds is 5. The van der Waals surface area contributed by atoms with Gasteiger partial charge in [0.1, 0.15) is 0 Å². The van der Waals surface area contributed by atoms with Gasteiger partial charge in [-0.05, 0) is 12.8 Å². The smallest absolute Gasteiger partial charge is 0.315 e. The molecule has 3 aliphatic heterocycles. The van der Waals surface area contributed by atoms with Crippen molar-refractivity contribution in [3.05, 3.63) is 11.0 Å². The molecule has 2 fully saturated rings. The summed E-state index contributed by atoms with van der Waals surface area (Å²) in [4.78, 5) is 42.2. The van der Waals surface area contributed by atoms with Crippen molar-refractivity contribution >= 4 is 48.2 Å². The normalized spacial score (nSPS) is 27.5. The van der Waals surface area contributed by atoms with Crippen molar-refractivity contribution in [1.29, 1.82) is 0 Å². The number of hydrogen-bond donors (Lipinski definition) is 5. The fraction of sp³-hybridized carbons (Fsp3) is 0.571. The fourth-order valence-corrected chi connectivity index (χ4v) is 4.38. The van der Waals surface area contributed by atoms with Crippen molar-refractivity contribution < 1.29 is 24.3 Å². The molecule has 0 saturated carbocycles. The van der Waals surface area contributed by atoms with Crippen LogP contribution in [0.4, 0.5) is 4.79 Å². The van der Waals surface area contributed by atoms with E-state index in [9.17, 15) is 19.2 Å². The summed E-state index contributed by atoms with van der Waals surface area (Å²) in [7, 11) is 0. The fourth-order valence-electron chi connectivity index (χ4n) is 2.67. The van der Waals surface area contributed by atoms with Crippen LogP contribution in [-0.2, 0) is 14.4 Å². The summed E-state index contributed by atoms with van der Waals surface area (Å²) in [5.74, 6) is -0.571. The molecule has 10 heteroatoms. The Hall–Kier alpha value is -1.68. The number of amides is 4. The minimum atomic E-state index is -0.729. The van der Waals surface area contributed by atoms with Crippen LogP contribution in [0.2, 0.25) is 0 Å². The monoisotopic (exact) mass is 373 g/mol. The van der Waals surface area contributed by atoms with E-state index in [2.05, 4.69) is 23.3 Å². The minimum absolute atomic E-state index is 0.0640. The zero-order chi connectivity index (χ0) is 17.7. The Balaban J connectivity index is 0.000000219. The molecule has 0 aromatic rings. The number of carbonyl (C=O) groups excluding carboxylic acids is 3. The third-order valence-electron chi connectivity index (χ3n) is 3.80. The molecule has 4 N–H and O–H groups in total. The molecule has 0 aromatic heterocycles. The van der Waals surface area contributed by atoms with Gasteiger partial charge in [0.05, 0.1) is 17.0 Å². The molecule has 132 valence electrons. The lowest BCUT2D eigenvalue weighted by molar-refractivity contribution is -0.137. The van der Waals surface area contributed by atoms with Gasteiger partial charge >= 0.3 is 12.0 Å². The lowest BCUT2D eigenvalue weighted by Crippen LogP contribution is -2.36. The maximum absolute atomic E-state index is 11.1. The molecule has 3 rings (SSSR count). The number of aliphatic carboxylic acids is 1. The highest BCUT2D eigenvalue weighted by molar-refractivity contribution is 8.00. The molecule has 0 radical (unpaired) electrons. The van der Waals surface area contributed by atoms with Crippen LogP contribution < -0.4 is 16.0 Å².